The maximum atomic E-state index is 12.4. The molecule has 1 amide bonds. The van der Waals surface area contributed by atoms with Gasteiger partial charge in [0.05, 0.1) is 18.2 Å². The summed E-state index contributed by atoms with van der Waals surface area (Å²) >= 11 is 0.392. The molecule has 5 nitrogen and oxygen atoms in total. The van der Waals surface area contributed by atoms with Crippen molar-refractivity contribution >= 4 is 23.6 Å². The molecule has 0 aromatic heterocycles. The van der Waals surface area contributed by atoms with Gasteiger partial charge in [-0.1, -0.05) is 30.0 Å². The molecule has 0 bridgehead atoms. The molecule has 2 aromatic rings. The molecule has 0 fully saturated rings. The summed E-state index contributed by atoms with van der Waals surface area (Å²) in [6.07, 6.45) is -0.384. The van der Waals surface area contributed by atoms with Crippen LogP contribution in [0.4, 0.5) is 8.78 Å². The van der Waals surface area contributed by atoms with Crippen LogP contribution in [0.3, 0.4) is 0 Å². The van der Waals surface area contributed by atoms with Crippen LogP contribution >= 0.6 is 11.8 Å². The van der Waals surface area contributed by atoms with Crippen LogP contribution < -0.4 is 10.1 Å². The molecule has 0 aliphatic carbocycles. The van der Waals surface area contributed by atoms with Crippen molar-refractivity contribution in [1.82, 2.24) is 5.32 Å². The Morgan fingerprint density at radius 3 is 2.61 bits per heavy atom. The molecule has 0 saturated carbocycles. The number of ether oxygens (including phenoxy) is 2. The highest BCUT2D eigenvalue weighted by Gasteiger charge is 2.26. The van der Waals surface area contributed by atoms with E-state index in [-0.39, 0.29) is 11.6 Å². The van der Waals surface area contributed by atoms with Gasteiger partial charge in [-0.05, 0) is 37.3 Å². The van der Waals surface area contributed by atoms with Gasteiger partial charge in [-0.2, -0.15) is 8.78 Å². The molecule has 2 atom stereocenters. The highest BCUT2D eigenvalue weighted by atomic mass is 32.2. The van der Waals surface area contributed by atoms with Crippen LogP contribution in [0.15, 0.2) is 53.4 Å². The molecular weight excluding hydrogens is 388 g/mol. The molecule has 1 N–H and O–H groups in total. The van der Waals surface area contributed by atoms with Crippen LogP contribution in [0.1, 0.15) is 35.3 Å². The molecule has 8 heteroatoms. The Morgan fingerprint density at radius 1 is 1.18 bits per heavy atom. The fourth-order valence-corrected chi connectivity index (χ4v) is 3.33. The maximum absolute atomic E-state index is 12.4. The smallest absolute Gasteiger partial charge is 0.338 e. The fraction of sp³-hybridized carbons (Fsp3) is 0.300. The second-order valence-corrected chi connectivity index (χ2v) is 7.25. The standard InChI is InChI=1S/C20H19F2NO4S/c1-12(27-19(25)13-6-8-14(9-7-13)28-20(21)22)18(24)23-16-10-11-26-17-5-3-2-4-15(16)17/h2-9,12,16,20H,10-11H2,1H3,(H,23,24). The van der Waals surface area contributed by atoms with Gasteiger partial charge in [0.25, 0.3) is 11.7 Å². The third-order valence-electron chi connectivity index (χ3n) is 4.24. The van der Waals surface area contributed by atoms with Gasteiger partial charge in [0.1, 0.15) is 5.75 Å². The van der Waals surface area contributed by atoms with Crippen LogP contribution in [0, 0.1) is 0 Å². The molecule has 2 unspecified atom stereocenters. The third kappa shape index (κ3) is 5.01. The number of esters is 1. The number of rotatable bonds is 6. The van der Waals surface area contributed by atoms with E-state index in [9.17, 15) is 18.4 Å². The summed E-state index contributed by atoms with van der Waals surface area (Å²) in [5.74, 6) is -2.91. The van der Waals surface area contributed by atoms with E-state index in [1.807, 2.05) is 24.3 Å². The number of carbonyl (C=O) groups is 2. The van der Waals surface area contributed by atoms with Crippen LogP contribution in [-0.4, -0.2) is 30.3 Å². The second-order valence-electron chi connectivity index (χ2n) is 6.19. The van der Waals surface area contributed by atoms with E-state index in [1.54, 1.807) is 0 Å². The number of carbonyl (C=O) groups excluding carboxylic acids is 2. The van der Waals surface area contributed by atoms with Gasteiger partial charge >= 0.3 is 5.97 Å². The number of hydrogen-bond donors (Lipinski definition) is 1. The van der Waals surface area contributed by atoms with Crippen molar-refractivity contribution in [3.05, 3.63) is 59.7 Å². The van der Waals surface area contributed by atoms with Gasteiger partial charge in [-0.15, -0.1) is 0 Å². The van der Waals surface area contributed by atoms with E-state index in [4.69, 9.17) is 9.47 Å². The molecule has 0 radical (unpaired) electrons. The predicted molar refractivity (Wildman–Crippen MR) is 101 cm³/mol. The number of benzene rings is 2. The SMILES string of the molecule is CC(OC(=O)c1ccc(SC(F)F)cc1)C(=O)NC1CCOc2ccccc21. The minimum absolute atomic E-state index is 0.190. The number of nitrogens with one attached hydrogen (secondary N) is 1. The summed E-state index contributed by atoms with van der Waals surface area (Å²) in [5, 5.41) is 2.88. The highest BCUT2D eigenvalue weighted by Crippen LogP contribution is 2.31. The lowest BCUT2D eigenvalue weighted by Crippen LogP contribution is -2.39. The molecule has 0 saturated heterocycles. The van der Waals surface area contributed by atoms with Crippen molar-refractivity contribution in [3.8, 4) is 5.75 Å². The summed E-state index contributed by atoms with van der Waals surface area (Å²) in [5.41, 5.74) is 1.07. The van der Waals surface area contributed by atoms with Crippen molar-refractivity contribution in [2.24, 2.45) is 0 Å². The molecule has 0 spiro atoms. The molecule has 28 heavy (non-hydrogen) atoms. The molecule has 3 rings (SSSR count). The first-order chi connectivity index (χ1) is 13.4. The lowest BCUT2D eigenvalue weighted by atomic mass is 10.0. The molecule has 1 heterocycles. The molecule has 2 aromatic carbocycles. The Kier molecular flexibility index (Phi) is 6.51. The Hall–Kier alpha value is -2.61. The van der Waals surface area contributed by atoms with E-state index >= 15 is 0 Å². The zero-order valence-corrected chi connectivity index (χ0v) is 15.9. The summed E-state index contributed by atoms with van der Waals surface area (Å²) < 4.78 is 35.5. The molecule has 1 aliphatic heterocycles. The number of amides is 1. The van der Waals surface area contributed by atoms with Crippen molar-refractivity contribution in [3.63, 3.8) is 0 Å². The Balaban J connectivity index is 1.58. The largest absolute Gasteiger partial charge is 0.493 e. The average molecular weight is 407 g/mol. The van der Waals surface area contributed by atoms with Gasteiger partial charge in [0.15, 0.2) is 6.10 Å². The predicted octanol–water partition coefficient (Wildman–Crippen LogP) is 4.19. The second kappa shape index (κ2) is 9.05. The van der Waals surface area contributed by atoms with Crippen LogP contribution in [0.5, 0.6) is 5.75 Å². The number of halogens is 2. The Bertz CT molecular complexity index is 844. The van der Waals surface area contributed by atoms with Crippen LogP contribution in [0.2, 0.25) is 0 Å². The first kappa shape index (κ1) is 20.1. The zero-order chi connectivity index (χ0) is 20.1. The first-order valence-electron chi connectivity index (χ1n) is 8.72. The maximum Gasteiger partial charge on any atom is 0.338 e. The number of fused-ring (bicyclic) bond motifs is 1. The quantitative estimate of drug-likeness (QED) is 0.575. The van der Waals surface area contributed by atoms with Crippen molar-refractivity contribution < 1.29 is 27.8 Å². The number of para-hydroxylation sites is 1. The average Bonchev–Trinajstić information content (AvgIpc) is 2.68. The first-order valence-corrected chi connectivity index (χ1v) is 9.60. The molecular formula is C20H19F2NO4S. The van der Waals surface area contributed by atoms with E-state index in [2.05, 4.69) is 5.32 Å². The number of alkyl halides is 2. The summed E-state index contributed by atoms with van der Waals surface area (Å²) in [6.45, 7) is 1.97. The lowest BCUT2D eigenvalue weighted by molar-refractivity contribution is -0.130. The lowest BCUT2D eigenvalue weighted by Gasteiger charge is -2.27. The van der Waals surface area contributed by atoms with E-state index < -0.39 is 23.7 Å². The Morgan fingerprint density at radius 2 is 1.89 bits per heavy atom. The van der Waals surface area contributed by atoms with Gasteiger partial charge in [-0.25, -0.2) is 4.79 Å². The zero-order valence-electron chi connectivity index (χ0n) is 15.1. The molecule has 148 valence electrons. The Labute approximate surface area is 165 Å². The monoisotopic (exact) mass is 407 g/mol. The minimum atomic E-state index is -2.53. The van der Waals surface area contributed by atoms with Crippen molar-refractivity contribution in [2.45, 2.75) is 36.1 Å². The topological polar surface area (TPSA) is 64.6 Å². The van der Waals surface area contributed by atoms with Gasteiger partial charge in [-0.3, -0.25) is 4.79 Å². The van der Waals surface area contributed by atoms with Crippen LogP contribution in [0.25, 0.3) is 0 Å². The number of thioether (sulfide) groups is 1. The fourth-order valence-electron chi connectivity index (χ4n) is 2.84. The third-order valence-corrected chi connectivity index (χ3v) is 4.97. The van der Waals surface area contributed by atoms with Crippen LogP contribution in [-0.2, 0) is 9.53 Å². The minimum Gasteiger partial charge on any atom is -0.493 e. The van der Waals surface area contributed by atoms with E-state index in [1.165, 1.54) is 31.2 Å². The van der Waals surface area contributed by atoms with Crippen molar-refractivity contribution in [1.29, 1.82) is 0 Å². The van der Waals surface area contributed by atoms with Gasteiger partial charge in [0.2, 0.25) is 0 Å². The number of hydrogen-bond acceptors (Lipinski definition) is 5. The summed E-state index contributed by atoms with van der Waals surface area (Å²) in [6, 6.07) is 12.9. The highest BCUT2D eigenvalue weighted by molar-refractivity contribution is 7.99. The van der Waals surface area contributed by atoms with Gasteiger partial charge < -0.3 is 14.8 Å². The normalized spacial score (nSPS) is 16.6. The summed E-state index contributed by atoms with van der Waals surface area (Å²) in [4.78, 5) is 25.0. The summed E-state index contributed by atoms with van der Waals surface area (Å²) in [7, 11) is 0. The molecule has 1 aliphatic rings. The van der Waals surface area contributed by atoms with E-state index in [0.29, 0.717) is 29.7 Å². The van der Waals surface area contributed by atoms with Gasteiger partial charge in [0, 0.05) is 16.9 Å². The van der Waals surface area contributed by atoms with Crippen molar-refractivity contribution in [2.75, 3.05) is 6.61 Å². The van der Waals surface area contributed by atoms with E-state index in [0.717, 1.165) is 11.3 Å².